The molecular formula is C108H112F3N27O2. The summed E-state index contributed by atoms with van der Waals surface area (Å²) in [4.78, 5) is 66.7. The SMILES string of the molecule is CCN1CCN(c2ccc(Nc3nc(-c4cccc(CC#N)c4)c4c(C)c[nH]c4n3)cc2F)CC1.Cc1[nH]c2nc(Nc3ccc(N4CCN(C)CC4)c(F)c3)nc(-c3cccc(CC#N)c3)c2c1C.Cc1c[nH]c2nc(Nc3ccc(N4CCN(CCO)CC4)cc3)nc(-c3cccc(CC#N)c3)c12.Cc1c[nH]c2nc(Nc3ccc(OCCN4CCCC4)c(F)c3)nc(-c3cccc(CC#N)c3)c12. The maximum Gasteiger partial charge on any atom is 0.229 e. The topological polar surface area (TPSA) is 362 Å². The van der Waals surface area contributed by atoms with Crippen LogP contribution in [0.5, 0.6) is 5.75 Å². The summed E-state index contributed by atoms with van der Waals surface area (Å²) < 4.78 is 50.5. The van der Waals surface area contributed by atoms with Crippen molar-refractivity contribution in [3.05, 3.63) is 262 Å². The van der Waals surface area contributed by atoms with Crippen molar-refractivity contribution in [2.45, 2.75) is 80.1 Å². The molecule has 12 heterocycles. The fourth-order valence-corrected chi connectivity index (χ4v) is 18.3. The average Bonchev–Trinajstić information content (AvgIpc) is 1.61. The first-order valence-electron chi connectivity index (χ1n) is 47.4. The van der Waals surface area contributed by atoms with E-state index in [1.165, 1.54) is 36.7 Å². The van der Waals surface area contributed by atoms with Gasteiger partial charge in [0.2, 0.25) is 23.8 Å². The molecule has 0 spiro atoms. The van der Waals surface area contributed by atoms with E-state index in [1.807, 2.05) is 175 Å². The molecule has 8 aromatic heterocycles. The quantitative estimate of drug-likeness (QED) is 0.0243. The molecule has 8 aromatic carbocycles. The molecule has 0 radical (unpaired) electrons. The summed E-state index contributed by atoms with van der Waals surface area (Å²) in [6, 6.07) is 63.7. The number of aliphatic hydroxyl groups excluding tert-OH is 1. The fourth-order valence-electron chi connectivity index (χ4n) is 18.3. The Balaban J connectivity index is 0.000000129. The molecule has 712 valence electrons. The molecule has 0 atom stereocenters. The lowest BCUT2D eigenvalue weighted by Gasteiger charge is -2.35. The Bertz CT molecular complexity index is 7280. The Kier molecular flexibility index (Phi) is 30.5. The van der Waals surface area contributed by atoms with Crippen molar-refractivity contribution in [3.8, 4) is 75.1 Å². The van der Waals surface area contributed by atoms with Gasteiger partial charge in [-0.15, -0.1) is 0 Å². The number of aliphatic hydroxyl groups is 1. The summed E-state index contributed by atoms with van der Waals surface area (Å²) in [6.07, 6.45) is 9.52. The molecule has 32 heteroatoms. The number of likely N-dealkylation sites (tertiary alicyclic amines) is 1. The average molecular weight is 1880 g/mol. The normalized spacial score (nSPS) is 14.2. The number of benzene rings is 8. The number of hydrogen-bond acceptors (Lipinski definition) is 25. The van der Waals surface area contributed by atoms with Crippen molar-refractivity contribution in [1.82, 2.24) is 79.4 Å². The van der Waals surface area contributed by atoms with Crippen molar-refractivity contribution in [3.63, 3.8) is 0 Å². The lowest BCUT2D eigenvalue weighted by Crippen LogP contribution is -2.47. The van der Waals surface area contributed by atoms with Crippen LogP contribution in [0.2, 0.25) is 0 Å². The monoisotopic (exact) mass is 1880 g/mol. The third-order valence-corrected chi connectivity index (χ3v) is 26.0. The first-order chi connectivity index (χ1) is 68.2. The van der Waals surface area contributed by atoms with Crippen LogP contribution in [0.25, 0.3) is 89.2 Å². The number of likely N-dealkylation sites (N-methyl/N-ethyl adjacent to an activating group) is 2. The van der Waals surface area contributed by atoms with Gasteiger partial charge in [0.05, 0.1) is 90.7 Å². The Morgan fingerprint density at radius 3 is 1.15 bits per heavy atom. The van der Waals surface area contributed by atoms with Gasteiger partial charge in [0.15, 0.2) is 11.6 Å². The summed E-state index contributed by atoms with van der Waals surface area (Å²) in [7, 11) is 2.08. The molecule has 0 saturated carbocycles. The smallest absolute Gasteiger partial charge is 0.229 e. The minimum Gasteiger partial charge on any atom is -0.489 e. The van der Waals surface area contributed by atoms with Gasteiger partial charge >= 0.3 is 0 Å². The number of anilines is 11. The Hall–Kier alpha value is -15.8. The van der Waals surface area contributed by atoms with Crippen LogP contribution in [0.4, 0.5) is 76.8 Å². The molecule has 29 nitrogen and oxygen atoms in total. The van der Waals surface area contributed by atoms with E-state index < -0.39 is 5.82 Å². The second-order valence-corrected chi connectivity index (χ2v) is 35.6. The number of H-pyrrole nitrogens is 4. The highest BCUT2D eigenvalue weighted by Gasteiger charge is 2.27. The number of fused-ring (bicyclic) bond motifs is 4. The van der Waals surface area contributed by atoms with E-state index in [0.717, 1.165) is 239 Å². The van der Waals surface area contributed by atoms with Crippen molar-refractivity contribution < 1.29 is 23.0 Å². The molecule has 4 aliphatic heterocycles. The number of aromatic amines is 4. The zero-order valence-electron chi connectivity index (χ0n) is 79.6. The summed E-state index contributed by atoms with van der Waals surface area (Å²) in [5.41, 5.74) is 23.7. The van der Waals surface area contributed by atoms with Crippen LogP contribution in [0.1, 0.15) is 70.0 Å². The van der Waals surface area contributed by atoms with Gasteiger partial charge < -0.3 is 75.5 Å². The van der Waals surface area contributed by atoms with E-state index in [0.29, 0.717) is 101 Å². The molecule has 20 rings (SSSR count). The van der Waals surface area contributed by atoms with Crippen molar-refractivity contribution in [2.75, 3.05) is 167 Å². The van der Waals surface area contributed by atoms with Gasteiger partial charge in [-0.3, -0.25) is 9.80 Å². The number of aryl methyl sites for hydroxylation is 5. The molecule has 16 aromatic rings. The van der Waals surface area contributed by atoms with E-state index in [4.69, 9.17) is 55.8 Å². The summed E-state index contributed by atoms with van der Waals surface area (Å²) in [6.45, 7) is 28.5. The van der Waals surface area contributed by atoms with Crippen molar-refractivity contribution in [2.24, 2.45) is 0 Å². The number of nitriles is 4. The maximum absolute atomic E-state index is 15.1. The first kappa shape index (κ1) is 95.9. The fraction of sp³-hybridized carbons (Fsp3) is 0.296. The highest BCUT2D eigenvalue weighted by Crippen LogP contribution is 2.39. The number of β-amino-alcohol motifs (C(OH)–C–C–N with tert-alkyl or cyclic N) is 1. The molecule has 4 fully saturated rings. The lowest BCUT2D eigenvalue weighted by molar-refractivity contribution is 0.189. The van der Waals surface area contributed by atoms with E-state index in [1.54, 1.807) is 12.1 Å². The Labute approximate surface area is 811 Å². The summed E-state index contributed by atoms with van der Waals surface area (Å²) in [5.74, 6) is 0.902. The van der Waals surface area contributed by atoms with Gasteiger partial charge in [0.25, 0.3) is 0 Å². The summed E-state index contributed by atoms with van der Waals surface area (Å²) in [5, 5.41) is 62.2. The van der Waals surface area contributed by atoms with Crippen LogP contribution in [-0.4, -0.2) is 216 Å². The second-order valence-electron chi connectivity index (χ2n) is 35.6. The third-order valence-electron chi connectivity index (χ3n) is 26.0. The molecule has 4 saturated heterocycles. The number of nitrogens with one attached hydrogen (secondary N) is 8. The van der Waals surface area contributed by atoms with E-state index in [2.05, 4.69) is 153 Å². The second kappa shape index (κ2) is 44.5. The number of ether oxygens (including phenoxy) is 1. The lowest BCUT2D eigenvalue weighted by atomic mass is 10.0. The van der Waals surface area contributed by atoms with Gasteiger partial charge in [-0.25, -0.2) is 33.1 Å². The standard InChI is InChI=1S/2C27H28FN7.C27H27FN6O.C27H29N7O/c1-17-18(2)30-26-24(17)25(20-6-4-5-19(15-20)9-10-29)32-27(33-26)31-21-7-8-23(22(28)16-21)35-13-11-34(3)12-14-35;1-3-34-11-13-35(14-12-34)23-8-7-21(16-22(23)28)31-27-32-25(24-18(2)17-30-26(24)33-27)20-6-4-5-19(15-20)9-10-29;1-18-17-30-26-24(18)25(20-6-4-5-19(15-20)9-10-29)32-27(33-26)31-21-7-8-23(22(28)16-21)35-14-13-34-11-2-3-12-34;1-19-18-29-26-24(19)25(21-4-2-3-20(17-21)9-10-28)31-27(32-26)30-22-5-7-23(8-6-22)34-13-11-33(12-14-34)15-16-35/h4-8,15-16H,9,11-14H2,1-3H3,(H2,30,31,32,33);4-8,15-17H,3,9,11-14H2,1-2H3,(H2,30,31,32,33);4-8,15-17H,2-3,9,11-14H2,1H3,(H2,30,31,32,33);2-8,17-18,35H,9,11-16H2,1H3,(H2,29,30,31,32). The predicted octanol–water partition coefficient (Wildman–Crippen LogP) is 19.2. The number of nitrogens with zero attached hydrogens (tertiary/aromatic N) is 19. The van der Waals surface area contributed by atoms with Crippen LogP contribution in [0.15, 0.2) is 195 Å². The Morgan fingerprint density at radius 1 is 0.386 bits per heavy atom. The highest BCUT2D eigenvalue weighted by atomic mass is 19.1. The van der Waals surface area contributed by atoms with Crippen LogP contribution in [0.3, 0.4) is 0 Å². The molecule has 0 unspecified atom stereocenters. The van der Waals surface area contributed by atoms with Gasteiger partial charge in [-0.05, 0) is 216 Å². The number of aromatic nitrogens is 12. The Morgan fingerprint density at radius 2 is 0.750 bits per heavy atom. The van der Waals surface area contributed by atoms with Crippen LogP contribution < -0.4 is 40.7 Å². The molecule has 0 amide bonds. The molecule has 4 aliphatic rings. The van der Waals surface area contributed by atoms with E-state index >= 15 is 8.78 Å². The first-order valence-corrected chi connectivity index (χ1v) is 47.4. The van der Waals surface area contributed by atoms with Crippen LogP contribution >= 0.6 is 0 Å². The zero-order valence-corrected chi connectivity index (χ0v) is 79.6. The highest BCUT2D eigenvalue weighted by molar-refractivity contribution is 5.98. The minimum atomic E-state index is -0.433. The number of rotatable bonds is 26. The largest absolute Gasteiger partial charge is 0.489 e. The number of piperazine rings is 3. The predicted molar refractivity (Wildman–Crippen MR) is 548 cm³/mol. The number of halogens is 3. The van der Waals surface area contributed by atoms with Gasteiger partial charge in [-0.1, -0.05) is 79.7 Å². The zero-order chi connectivity index (χ0) is 97.3. The molecule has 0 bridgehead atoms. The van der Waals surface area contributed by atoms with Crippen molar-refractivity contribution >= 4 is 108 Å². The van der Waals surface area contributed by atoms with Crippen molar-refractivity contribution in [1.29, 1.82) is 21.0 Å². The van der Waals surface area contributed by atoms with E-state index in [9.17, 15) is 4.39 Å². The van der Waals surface area contributed by atoms with E-state index in [-0.39, 0.29) is 24.0 Å². The molecule has 9 N–H and O–H groups in total. The third kappa shape index (κ3) is 22.9. The molecule has 0 aliphatic carbocycles. The summed E-state index contributed by atoms with van der Waals surface area (Å²) >= 11 is 0. The van der Waals surface area contributed by atoms with Crippen LogP contribution in [-0.2, 0) is 25.7 Å². The number of hydrogen-bond donors (Lipinski definition) is 9. The molecular weight excluding hydrogens is 1760 g/mol. The molecule has 140 heavy (non-hydrogen) atoms. The minimum absolute atomic E-state index is 0.212. The van der Waals surface area contributed by atoms with Gasteiger partial charge in [-0.2, -0.15) is 41.0 Å². The van der Waals surface area contributed by atoms with Gasteiger partial charge in [0, 0.05) is 194 Å². The maximum atomic E-state index is 15.1. The van der Waals surface area contributed by atoms with Gasteiger partial charge in [0.1, 0.15) is 40.8 Å². The van der Waals surface area contributed by atoms with Crippen LogP contribution in [0, 0.1) is 97.4 Å².